The van der Waals surface area contributed by atoms with E-state index in [4.69, 9.17) is 21.8 Å². The molecule has 3 aromatic carbocycles. The first-order valence-electron chi connectivity index (χ1n) is 16.2. The number of hydrogen-bond acceptors (Lipinski definition) is 9. The topological polar surface area (TPSA) is 156 Å². The lowest BCUT2D eigenvalue weighted by Gasteiger charge is -2.33. The third-order valence-corrected chi connectivity index (χ3v) is 9.16. The molecule has 6 rings (SSSR count). The number of nitrogens with zero attached hydrogens (tertiary/aromatic N) is 4. The lowest BCUT2D eigenvalue weighted by molar-refractivity contribution is -0.118. The zero-order chi connectivity index (χ0) is 34.2. The van der Waals surface area contributed by atoms with Gasteiger partial charge in [-0.1, -0.05) is 78.9 Å². The van der Waals surface area contributed by atoms with Crippen LogP contribution in [0.1, 0.15) is 51.8 Å². The number of ether oxygens (including phenoxy) is 1. The van der Waals surface area contributed by atoms with Crippen molar-refractivity contribution in [2.75, 3.05) is 18.4 Å². The van der Waals surface area contributed by atoms with Crippen LogP contribution in [0, 0.1) is 6.92 Å². The van der Waals surface area contributed by atoms with E-state index in [1.807, 2.05) is 97.9 Å². The van der Waals surface area contributed by atoms with Crippen LogP contribution in [0.25, 0.3) is 0 Å². The summed E-state index contributed by atoms with van der Waals surface area (Å²) in [5.41, 5.74) is 4.15. The molecule has 2 amide bonds. The van der Waals surface area contributed by atoms with Crippen molar-refractivity contribution in [1.82, 2.24) is 30.6 Å². The smallest absolute Gasteiger partial charge is 0.405 e. The summed E-state index contributed by atoms with van der Waals surface area (Å²) in [6.45, 7) is 3.57. The Morgan fingerprint density at radius 3 is 2.35 bits per heavy atom. The molecular weight excluding hydrogens is 643 g/mol. The molecular formula is C36H39N7O5S. The van der Waals surface area contributed by atoms with Gasteiger partial charge in [-0.25, -0.2) is 4.79 Å². The van der Waals surface area contributed by atoms with E-state index in [0.717, 1.165) is 22.4 Å². The van der Waals surface area contributed by atoms with Gasteiger partial charge in [-0.3, -0.25) is 9.48 Å². The zero-order valence-electron chi connectivity index (χ0n) is 27.0. The van der Waals surface area contributed by atoms with E-state index >= 15 is 0 Å². The number of hydrogen-bond donors (Lipinski definition) is 5. The molecule has 0 spiro atoms. The van der Waals surface area contributed by atoms with Crippen molar-refractivity contribution in [2.24, 2.45) is 0 Å². The minimum atomic E-state index is -1.28. The van der Waals surface area contributed by atoms with Crippen molar-refractivity contribution in [3.63, 3.8) is 0 Å². The van der Waals surface area contributed by atoms with E-state index in [1.54, 1.807) is 10.9 Å². The van der Waals surface area contributed by atoms with Gasteiger partial charge in [0.15, 0.2) is 0 Å². The summed E-state index contributed by atoms with van der Waals surface area (Å²) in [7, 11) is 0. The van der Waals surface area contributed by atoms with Crippen LogP contribution in [0.5, 0.6) is 0 Å². The maximum atomic E-state index is 13.9. The SMILES string of the molecule is Cc1ccnn1Cc1nnc(C(S)[C@@H]2CNC[C@@H](CCc3ccccc3NC(=O)[C@@H](NC(=O)O)C(c3ccccc3)c3ccccc3)O2)o1. The second-order valence-corrected chi connectivity index (χ2v) is 12.5. The summed E-state index contributed by atoms with van der Waals surface area (Å²) >= 11 is 4.78. The summed E-state index contributed by atoms with van der Waals surface area (Å²) in [6.07, 6.45) is 1.29. The summed E-state index contributed by atoms with van der Waals surface area (Å²) in [5.74, 6) is -0.178. The average Bonchev–Trinajstić information content (AvgIpc) is 3.77. The summed E-state index contributed by atoms with van der Waals surface area (Å²) in [5, 5.41) is 31.0. The minimum Gasteiger partial charge on any atom is -0.465 e. The van der Waals surface area contributed by atoms with Crippen LogP contribution in [-0.4, -0.2) is 68.4 Å². The summed E-state index contributed by atoms with van der Waals surface area (Å²) < 4.78 is 14.1. The van der Waals surface area contributed by atoms with Gasteiger partial charge in [0.05, 0.1) is 12.2 Å². The van der Waals surface area contributed by atoms with Crippen LogP contribution in [0.3, 0.4) is 0 Å². The van der Waals surface area contributed by atoms with Crippen LogP contribution in [0.15, 0.2) is 102 Å². The normalized spacial score (nSPS) is 17.4. The molecule has 4 N–H and O–H groups in total. The largest absolute Gasteiger partial charge is 0.465 e. The standard InChI is InChI=1S/C36H39N7O5S/c1-23-18-19-38-43(23)22-30-41-42-35(48-30)33(49)29-21-37-20-27(47-29)17-16-24-10-8-9-15-28(24)39-34(44)32(40-36(45)46)31(25-11-4-2-5-12-25)26-13-6-3-7-14-26/h2-15,18-19,27,29,31-33,37,40,49H,16-17,20-22H2,1H3,(H,39,44)(H,45,46)/t27-,29+,32+,33?/m1/s1. The number of carbonyl (C=O) groups excluding carboxylic acids is 1. The Morgan fingerprint density at radius 2 is 1.67 bits per heavy atom. The predicted octanol–water partition coefficient (Wildman–Crippen LogP) is 4.99. The van der Waals surface area contributed by atoms with E-state index in [1.165, 1.54) is 0 Å². The molecule has 1 unspecified atom stereocenters. The van der Waals surface area contributed by atoms with Gasteiger partial charge in [0.1, 0.15) is 17.8 Å². The number of aryl methyl sites for hydroxylation is 2. The second kappa shape index (κ2) is 15.9. The van der Waals surface area contributed by atoms with Crippen molar-refractivity contribution in [3.05, 3.63) is 131 Å². The van der Waals surface area contributed by atoms with E-state index in [9.17, 15) is 14.7 Å². The van der Waals surface area contributed by atoms with E-state index in [-0.39, 0.29) is 12.2 Å². The third-order valence-electron chi connectivity index (χ3n) is 8.61. The Kier molecular flexibility index (Phi) is 11.0. The number of anilines is 1. The molecule has 0 saturated carbocycles. The minimum absolute atomic E-state index is 0.131. The maximum absolute atomic E-state index is 13.9. The lowest BCUT2D eigenvalue weighted by atomic mass is 9.84. The fourth-order valence-corrected chi connectivity index (χ4v) is 6.39. The highest BCUT2D eigenvalue weighted by Crippen LogP contribution is 2.31. The van der Waals surface area contributed by atoms with Crippen LogP contribution < -0.4 is 16.0 Å². The summed E-state index contributed by atoms with van der Waals surface area (Å²) in [6, 6.07) is 27.2. The first kappa shape index (κ1) is 33.9. The van der Waals surface area contributed by atoms with Crippen LogP contribution >= 0.6 is 12.6 Å². The molecule has 13 heteroatoms. The highest BCUT2D eigenvalue weighted by atomic mass is 32.1. The van der Waals surface area contributed by atoms with Gasteiger partial charge in [0.25, 0.3) is 0 Å². The molecule has 12 nitrogen and oxygen atoms in total. The predicted molar refractivity (Wildman–Crippen MR) is 187 cm³/mol. The molecule has 1 aliphatic heterocycles. The first-order valence-corrected chi connectivity index (χ1v) is 16.7. The third kappa shape index (κ3) is 8.55. The van der Waals surface area contributed by atoms with Gasteiger partial charge in [-0.05, 0) is 48.6 Å². The van der Waals surface area contributed by atoms with Crippen molar-refractivity contribution in [3.8, 4) is 0 Å². The molecule has 254 valence electrons. The number of morpholine rings is 1. The van der Waals surface area contributed by atoms with Crippen LogP contribution in [0.2, 0.25) is 0 Å². The Balaban J connectivity index is 1.12. The van der Waals surface area contributed by atoms with E-state index < -0.39 is 29.2 Å². The highest BCUT2D eigenvalue weighted by molar-refractivity contribution is 7.80. The zero-order valence-corrected chi connectivity index (χ0v) is 27.9. The van der Waals surface area contributed by atoms with Crippen molar-refractivity contribution >= 4 is 30.3 Å². The lowest BCUT2D eigenvalue weighted by Crippen LogP contribution is -2.47. The molecule has 3 heterocycles. The van der Waals surface area contributed by atoms with Crippen LogP contribution in [-0.2, 0) is 22.5 Å². The molecule has 0 radical (unpaired) electrons. The summed E-state index contributed by atoms with van der Waals surface area (Å²) in [4.78, 5) is 25.9. The number of thiol groups is 1. The molecule has 1 aliphatic rings. The number of benzene rings is 3. The Labute approximate surface area is 289 Å². The molecule has 1 fully saturated rings. The number of amides is 2. The Hall–Kier alpha value is -4.98. The molecule has 5 aromatic rings. The fraction of sp³-hybridized carbons (Fsp3) is 0.306. The molecule has 0 bridgehead atoms. The van der Waals surface area contributed by atoms with Gasteiger partial charge in [-0.2, -0.15) is 17.7 Å². The highest BCUT2D eigenvalue weighted by Gasteiger charge is 2.34. The van der Waals surface area contributed by atoms with Gasteiger partial charge in [-0.15, -0.1) is 10.2 Å². The number of carboxylic acid groups (broad SMARTS) is 1. The molecule has 1 saturated heterocycles. The molecule has 0 aliphatic carbocycles. The van der Waals surface area contributed by atoms with Crippen molar-refractivity contribution < 1.29 is 23.8 Å². The van der Waals surface area contributed by atoms with E-state index in [2.05, 4.69) is 31.2 Å². The number of para-hydroxylation sites is 1. The maximum Gasteiger partial charge on any atom is 0.405 e. The molecule has 2 aromatic heterocycles. The number of carbonyl (C=O) groups is 2. The first-order chi connectivity index (χ1) is 23.9. The fourth-order valence-electron chi connectivity index (χ4n) is 6.11. The van der Waals surface area contributed by atoms with Crippen molar-refractivity contribution in [1.29, 1.82) is 0 Å². The second-order valence-electron chi connectivity index (χ2n) is 12.0. The average molecular weight is 682 g/mol. The number of rotatable bonds is 13. The number of aromatic nitrogens is 4. The van der Waals surface area contributed by atoms with E-state index in [0.29, 0.717) is 49.9 Å². The van der Waals surface area contributed by atoms with Gasteiger partial charge >= 0.3 is 6.09 Å². The van der Waals surface area contributed by atoms with Crippen molar-refractivity contribution in [2.45, 2.75) is 55.7 Å². The van der Waals surface area contributed by atoms with Crippen LogP contribution in [0.4, 0.5) is 10.5 Å². The molecule has 4 atom stereocenters. The Bertz CT molecular complexity index is 1790. The van der Waals surface area contributed by atoms with Gasteiger partial charge in [0.2, 0.25) is 17.7 Å². The monoisotopic (exact) mass is 681 g/mol. The van der Waals surface area contributed by atoms with Gasteiger partial charge in [0, 0.05) is 36.6 Å². The number of nitrogens with one attached hydrogen (secondary N) is 3. The Morgan fingerprint density at radius 1 is 0.980 bits per heavy atom. The molecule has 49 heavy (non-hydrogen) atoms. The quantitative estimate of drug-likeness (QED) is 0.108. The van der Waals surface area contributed by atoms with Gasteiger partial charge < -0.3 is 30.2 Å².